The van der Waals surface area contributed by atoms with Gasteiger partial charge in [0.1, 0.15) is 5.78 Å². The Hall–Kier alpha value is -0.860. The van der Waals surface area contributed by atoms with Crippen LogP contribution in [0.25, 0.3) is 0 Å². The number of amides is 1. The minimum Gasteiger partial charge on any atom is -0.342 e. The standard InChI is InChI=1S/C20H33NO2/c1-15-5-4-8-17(13-15)19(22)9-10-20(23)21-12-11-16-6-2-3-7-18(16)14-21/h15-18H,2-14H2,1H3. The fraction of sp³-hybridized carbons (Fsp3) is 0.900. The maximum absolute atomic E-state index is 12.5. The summed E-state index contributed by atoms with van der Waals surface area (Å²) in [6.07, 6.45) is 12.0. The molecule has 1 heterocycles. The molecule has 3 rings (SSSR count). The van der Waals surface area contributed by atoms with Crippen LogP contribution in [0, 0.1) is 23.7 Å². The maximum atomic E-state index is 12.5. The lowest BCUT2D eigenvalue weighted by atomic mass is 9.75. The van der Waals surface area contributed by atoms with Crippen LogP contribution in [0.3, 0.4) is 0 Å². The average Bonchev–Trinajstić information content (AvgIpc) is 2.59. The van der Waals surface area contributed by atoms with Gasteiger partial charge in [-0.3, -0.25) is 9.59 Å². The zero-order valence-electron chi connectivity index (χ0n) is 14.8. The van der Waals surface area contributed by atoms with E-state index in [0.717, 1.165) is 37.8 Å². The Morgan fingerprint density at radius 2 is 1.70 bits per heavy atom. The van der Waals surface area contributed by atoms with Crippen LogP contribution < -0.4 is 0 Å². The van der Waals surface area contributed by atoms with Crippen molar-refractivity contribution in [3.8, 4) is 0 Å². The van der Waals surface area contributed by atoms with Gasteiger partial charge in [-0.2, -0.15) is 0 Å². The van der Waals surface area contributed by atoms with E-state index in [0.29, 0.717) is 24.5 Å². The summed E-state index contributed by atoms with van der Waals surface area (Å²) in [5.74, 6) is 3.08. The average molecular weight is 319 g/mol. The van der Waals surface area contributed by atoms with Crippen molar-refractivity contribution >= 4 is 11.7 Å². The minimum atomic E-state index is 0.228. The highest BCUT2D eigenvalue weighted by Gasteiger charge is 2.33. The Labute approximate surface area is 141 Å². The van der Waals surface area contributed by atoms with E-state index in [4.69, 9.17) is 0 Å². The summed E-state index contributed by atoms with van der Waals surface area (Å²) in [4.78, 5) is 26.9. The second kappa shape index (κ2) is 7.81. The molecule has 1 saturated heterocycles. The van der Waals surface area contributed by atoms with Crippen molar-refractivity contribution in [2.45, 2.75) is 77.6 Å². The Balaban J connectivity index is 1.43. The second-order valence-electron chi connectivity index (χ2n) is 8.37. The Kier molecular flexibility index (Phi) is 5.76. The first-order chi connectivity index (χ1) is 11.1. The van der Waals surface area contributed by atoms with Crippen LogP contribution in [0.4, 0.5) is 0 Å². The highest BCUT2D eigenvalue weighted by molar-refractivity contribution is 5.86. The smallest absolute Gasteiger partial charge is 0.223 e. The predicted octanol–water partition coefficient (Wildman–Crippen LogP) is 4.20. The highest BCUT2D eigenvalue weighted by Crippen LogP contribution is 2.36. The zero-order chi connectivity index (χ0) is 16.2. The molecule has 23 heavy (non-hydrogen) atoms. The Morgan fingerprint density at radius 3 is 2.48 bits per heavy atom. The van der Waals surface area contributed by atoms with E-state index in [2.05, 4.69) is 11.8 Å². The summed E-state index contributed by atoms with van der Waals surface area (Å²) in [5.41, 5.74) is 0. The number of carbonyl (C=O) groups is 2. The molecule has 2 aliphatic carbocycles. The molecular weight excluding hydrogens is 286 g/mol. The van der Waals surface area contributed by atoms with E-state index in [1.54, 1.807) is 0 Å². The first-order valence-corrected chi connectivity index (χ1v) is 9.94. The van der Waals surface area contributed by atoms with Gasteiger partial charge in [-0.15, -0.1) is 0 Å². The van der Waals surface area contributed by atoms with Crippen molar-refractivity contribution in [3.63, 3.8) is 0 Å². The summed E-state index contributed by atoms with van der Waals surface area (Å²) < 4.78 is 0. The van der Waals surface area contributed by atoms with Crippen LogP contribution in [0.2, 0.25) is 0 Å². The Morgan fingerprint density at radius 1 is 0.913 bits per heavy atom. The van der Waals surface area contributed by atoms with E-state index in [9.17, 15) is 9.59 Å². The number of likely N-dealkylation sites (tertiary alicyclic amines) is 1. The van der Waals surface area contributed by atoms with E-state index >= 15 is 0 Å². The summed E-state index contributed by atoms with van der Waals surface area (Å²) in [6.45, 7) is 4.13. The van der Waals surface area contributed by atoms with Crippen LogP contribution >= 0.6 is 0 Å². The molecule has 3 fully saturated rings. The lowest BCUT2D eigenvalue weighted by Gasteiger charge is -2.41. The monoisotopic (exact) mass is 319 g/mol. The molecule has 0 aromatic carbocycles. The molecule has 2 saturated carbocycles. The summed E-state index contributed by atoms with van der Waals surface area (Å²) in [5, 5.41) is 0. The van der Waals surface area contributed by atoms with E-state index < -0.39 is 0 Å². The normalized spacial score (nSPS) is 34.7. The minimum absolute atomic E-state index is 0.228. The summed E-state index contributed by atoms with van der Waals surface area (Å²) >= 11 is 0. The molecule has 1 amide bonds. The van der Waals surface area contributed by atoms with Gasteiger partial charge in [0, 0.05) is 31.8 Å². The molecule has 0 radical (unpaired) electrons. The Bertz CT molecular complexity index is 433. The first-order valence-electron chi connectivity index (χ1n) is 9.94. The predicted molar refractivity (Wildman–Crippen MR) is 92.0 cm³/mol. The molecular formula is C20H33NO2. The fourth-order valence-electron chi connectivity index (χ4n) is 5.15. The zero-order valence-corrected chi connectivity index (χ0v) is 14.8. The van der Waals surface area contributed by atoms with Gasteiger partial charge >= 0.3 is 0 Å². The first kappa shape index (κ1) is 17.0. The fourth-order valence-corrected chi connectivity index (χ4v) is 5.15. The molecule has 1 aliphatic heterocycles. The number of carbonyl (C=O) groups excluding carboxylic acids is 2. The summed E-state index contributed by atoms with van der Waals surface area (Å²) in [6, 6.07) is 0. The number of ketones is 1. The largest absolute Gasteiger partial charge is 0.342 e. The maximum Gasteiger partial charge on any atom is 0.223 e. The van der Waals surface area contributed by atoms with Crippen molar-refractivity contribution in [2.24, 2.45) is 23.7 Å². The van der Waals surface area contributed by atoms with Gasteiger partial charge in [0.05, 0.1) is 0 Å². The van der Waals surface area contributed by atoms with E-state index in [-0.39, 0.29) is 11.8 Å². The quantitative estimate of drug-likeness (QED) is 0.779. The number of hydrogen-bond acceptors (Lipinski definition) is 2. The molecule has 4 unspecified atom stereocenters. The van der Waals surface area contributed by atoms with Crippen LogP contribution in [-0.2, 0) is 9.59 Å². The van der Waals surface area contributed by atoms with E-state index in [1.807, 2.05) is 0 Å². The number of hydrogen-bond donors (Lipinski definition) is 0. The van der Waals surface area contributed by atoms with Crippen molar-refractivity contribution in [3.05, 3.63) is 0 Å². The SMILES string of the molecule is CC1CCCC(C(=O)CCC(=O)N2CCC3CCCCC3C2)C1. The highest BCUT2D eigenvalue weighted by atomic mass is 16.2. The number of rotatable bonds is 4. The number of fused-ring (bicyclic) bond motifs is 1. The molecule has 0 N–H and O–H groups in total. The van der Waals surface area contributed by atoms with Gasteiger partial charge < -0.3 is 4.90 Å². The molecule has 0 aromatic rings. The molecule has 3 aliphatic rings. The number of nitrogens with zero attached hydrogens (tertiary/aromatic N) is 1. The van der Waals surface area contributed by atoms with Gasteiger partial charge in [0.25, 0.3) is 0 Å². The van der Waals surface area contributed by atoms with Crippen LogP contribution in [0.1, 0.15) is 77.6 Å². The van der Waals surface area contributed by atoms with Crippen LogP contribution in [0.5, 0.6) is 0 Å². The van der Waals surface area contributed by atoms with E-state index in [1.165, 1.54) is 44.9 Å². The van der Waals surface area contributed by atoms with Crippen LogP contribution in [0.15, 0.2) is 0 Å². The molecule has 130 valence electrons. The number of Topliss-reactive ketones (excluding diaryl/α,β-unsaturated/α-hetero) is 1. The van der Waals surface area contributed by atoms with Gasteiger partial charge in [-0.25, -0.2) is 0 Å². The lowest BCUT2D eigenvalue weighted by molar-refractivity contribution is -0.136. The van der Waals surface area contributed by atoms with Crippen molar-refractivity contribution in [1.29, 1.82) is 0 Å². The lowest BCUT2D eigenvalue weighted by Crippen LogP contribution is -2.44. The van der Waals surface area contributed by atoms with Crippen LogP contribution in [-0.4, -0.2) is 29.7 Å². The third-order valence-corrected chi connectivity index (χ3v) is 6.62. The van der Waals surface area contributed by atoms with Crippen molar-refractivity contribution < 1.29 is 9.59 Å². The van der Waals surface area contributed by atoms with Gasteiger partial charge in [-0.1, -0.05) is 39.0 Å². The van der Waals surface area contributed by atoms with Gasteiger partial charge in [0.2, 0.25) is 5.91 Å². The van der Waals surface area contributed by atoms with Gasteiger partial charge in [0.15, 0.2) is 0 Å². The number of piperidine rings is 1. The summed E-state index contributed by atoms with van der Waals surface area (Å²) in [7, 11) is 0. The molecule has 0 bridgehead atoms. The van der Waals surface area contributed by atoms with Crippen molar-refractivity contribution in [2.75, 3.05) is 13.1 Å². The second-order valence-corrected chi connectivity index (χ2v) is 8.37. The molecule has 0 aromatic heterocycles. The molecule has 3 nitrogen and oxygen atoms in total. The third-order valence-electron chi connectivity index (χ3n) is 6.62. The topological polar surface area (TPSA) is 37.4 Å². The molecule has 0 spiro atoms. The molecule has 4 atom stereocenters. The molecule has 3 heteroatoms. The third kappa shape index (κ3) is 4.36. The van der Waals surface area contributed by atoms with Crippen molar-refractivity contribution in [1.82, 2.24) is 4.90 Å². The van der Waals surface area contributed by atoms with Gasteiger partial charge in [-0.05, 0) is 43.4 Å².